The molecule has 9 heteroatoms. The van der Waals surface area contributed by atoms with Gasteiger partial charge in [-0.1, -0.05) is 20.8 Å². The molecule has 156 valence electrons. The zero-order valence-corrected chi connectivity index (χ0v) is 20.6. The molecule has 0 aliphatic rings. The first-order valence-electron chi connectivity index (χ1n) is 8.95. The Balaban J connectivity index is 0.00000676. The number of hydrogen-bond donors (Lipinski definition) is 3. The normalized spacial score (nSPS) is 12.2. The summed E-state index contributed by atoms with van der Waals surface area (Å²) in [5, 5.41) is 12.3. The number of guanidine groups is 1. The minimum absolute atomic E-state index is 0. The van der Waals surface area contributed by atoms with E-state index in [4.69, 9.17) is 4.74 Å². The van der Waals surface area contributed by atoms with Crippen LogP contribution in [-0.2, 0) is 16.7 Å². The zero-order valence-electron chi connectivity index (χ0n) is 17.4. The monoisotopic (exact) mass is 511 g/mol. The summed E-state index contributed by atoms with van der Waals surface area (Å²) in [5.41, 5.74) is 0.528. The Morgan fingerprint density at radius 3 is 2.30 bits per heavy atom. The lowest BCUT2D eigenvalue weighted by atomic mass is 9.98. The molecule has 0 aliphatic heterocycles. The van der Waals surface area contributed by atoms with Crippen LogP contribution in [0.4, 0.5) is 4.79 Å². The highest BCUT2D eigenvalue weighted by atomic mass is 127. The summed E-state index contributed by atoms with van der Waals surface area (Å²) >= 11 is 1.67. The molecule has 0 radical (unpaired) electrons. The summed E-state index contributed by atoms with van der Waals surface area (Å²) in [4.78, 5) is 20.8. The van der Waals surface area contributed by atoms with Crippen molar-refractivity contribution in [2.75, 3.05) is 19.6 Å². The molecule has 0 aliphatic carbocycles. The quantitative estimate of drug-likeness (QED) is 0.235. The van der Waals surface area contributed by atoms with Crippen molar-refractivity contribution in [3.05, 3.63) is 16.1 Å². The number of aromatic nitrogens is 1. The molecule has 0 unspecified atom stereocenters. The second kappa shape index (κ2) is 11.7. The van der Waals surface area contributed by atoms with Gasteiger partial charge in [0.15, 0.2) is 5.96 Å². The second-order valence-electron chi connectivity index (χ2n) is 7.94. The van der Waals surface area contributed by atoms with Crippen molar-refractivity contribution in [1.82, 2.24) is 20.9 Å². The molecule has 0 saturated carbocycles. The topological polar surface area (TPSA) is 87.6 Å². The molecule has 1 heterocycles. The van der Waals surface area contributed by atoms with Crippen LogP contribution in [0.5, 0.6) is 0 Å². The number of thiazole rings is 1. The van der Waals surface area contributed by atoms with E-state index in [0.29, 0.717) is 25.6 Å². The minimum Gasteiger partial charge on any atom is -0.444 e. The van der Waals surface area contributed by atoms with E-state index in [2.05, 4.69) is 52.1 Å². The summed E-state index contributed by atoms with van der Waals surface area (Å²) in [7, 11) is 0. The summed E-state index contributed by atoms with van der Waals surface area (Å²) in [6.07, 6.45) is -0.418. The van der Waals surface area contributed by atoms with Gasteiger partial charge >= 0.3 is 6.09 Å². The van der Waals surface area contributed by atoms with Gasteiger partial charge in [-0.25, -0.2) is 14.8 Å². The van der Waals surface area contributed by atoms with E-state index < -0.39 is 11.7 Å². The Bertz CT molecular complexity index is 606. The van der Waals surface area contributed by atoms with Crippen molar-refractivity contribution in [1.29, 1.82) is 0 Å². The van der Waals surface area contributed by atoms with Crippen LogP contribution in [0.1, 0.15) is 59.2 Å². The van der Waals surface area contributed by atoms with Crippen molar-refractivity contribution in [2.24, 2.45) is 4.99 Å². The van der Waals surface area contributed by atoms with E-state index in [1.807, 2.05) is 27.7 Å². The first kappa shape index (κ1) is 25.9. The lowest BCUT2D eigenvalue weighted by Crippen LogP contribution is -2.42. The summed E-state index contributed by atoms with van der Waals surface area (Å²) in [6.45, 7) is 16.3. The molecule has 7 nitrogen and oxygen atoms in total. The van der Waals surface area contributed by atoms with E-state index in [9.17, 15) is 4.79 Å². The average molecular weight is 511 g/mol. The highest BCUT2D eigenvalue weighted by Crippen LogP contribution is 2.25. The van der Waals surface area contributed by atoms with Gasteiger partial charge in [-0.05, 0) is 27.7 Å². The number of amides is 1. The summed E-state index contributed by atoms with van der Waals surface area (Å²) in [5.74, 6) is 0.698. The van der Waals surface area contributed by atoms with Crippen molar-refractivity contribution in [3.63, 3.8) is 0 Å². The molecule has 1 aromatic rings. The van der Waals surface area contributed by atoms with Crippen molar-refractivity contribution in [3.8, 4) is 0 Å². The number of carbonyl (C=O) groups excluding carboxylic acids is 1. The van der Waals surface area contributed by atoms with Gasteiger partial charge in [0, 0.05) is 30.4 Å². The molecular formula is C18H34IN5O2S. The Morgan fingerprint density at radius 2 is 1.78 bits per heavy atom. The van der Waals surface area contributed by atoms with Gasteiger partial charge in [0.05, 0.1) is 17.2 Å². The van der Waals surface area contributed by atoms with Crippen LogP contribution in [0, 0.1) is 0 Å². The number of rotatable bonds is 6. The van der Waals surface area contributed by atoms with Crippen LogP contribution in [0.25, 0.3) is 0 Å². The van der Waals surface area contributed by atoms with E-state index in [1.165, 1.54) is 0 Å². The van der Waals surface area contributed by atoms with Crippen LogP contribution < -0.4 is 16.0 Å². The van der Waals surface area contributed by atoms with Gasteiger partial charge in [0.2, 0.25) is 0 Å². The molecule has 1 rings (SSSR count). The van der Waals surface area contributed by atoms with Gasteiger partial charge in [0.1, 0.15) is 5.60 Å². The summed E-state index contributed by atoms with van der Waals surface area (Å²) < 4.78 is 5.20. The standard InChI is InChI=1S/C18H33N5O2S.HI/c1-8-19-15(20-9-10-21-16(24)25-18(5,6)7)22-11-13-12-26-14(23-13)17(2,3)4;/h12H,8-11H2,1-7H3,(H,21,24)(H2,19,20,22);1H. The van der Waals surface area contributed by atoms with Crippen LogP contribution >= 0.6 is 35.3 Å². The predicted octanol–water partition coefficient (Wildman–Crippen LogP) is 3.64. The fourth-order valence-corrected chi connectivity index (χ4v) is 2.78. The molecule has 27 heavy (non-hydrogen) atoms. The molecule has 1 aromatic heterocycles. The van der Waals surface area contributed by atoms with Crippen LogP contribution in [0.2, 0.25) is 0 Å². The van der Waals surface area contributed by atoms with Crippen LogP contribution in [0.15, 0.2) is 10.4 Å². The van der Waals surface area contributed by atoms with Crippen molar-refractivity contribution < 1.29 is 9.53 Å². The van der Waals surface area contributed by atoms with Gasteiger partial charge in [-0.15, -0.1) is 35.3 Å². The molecule has 0 spiro atoms. The number of nitrogens with one attached hydrogen (secondary N) is 3. The highest BCUT2D eigenvalue weighted by Gasteiger charge is 2.18. The maximum atomic E-state index is 11.6. The molecule has 0 aromatic carbocycles. The molecule has 3 N–H and O–H groups in total. The third-order valence-corrected chi connectivity index (χ3v) is 4.34. The zero-order chi connectivity index (χ0) is 19.8. The Morgan fingerprint density at radius 1 is 1.15 bits per heavy atom. The van der Waals surface area contributed by atoms with Crippen LogP contribution in [0.3, 0.4) is 0 Å². The average Bonchev–Trinajstić information content (AvgIpc) is 2.96. The summed E-state index contributed by atoms with van der Waals surface area (Å²) in [6, 6.07) is 0. The smallest absolute Gasteiger partial charge is 0.407 e. The molecule has 0 fully saturated rings. The van der Waals surface area contributed by atoms with Crippen LogP contribution in [-0.4, -0.2) is 42.3 Å². The molecular weight excluding hydrogens is 477 g/mol. The van der Waals surface area contributed by atoms with Gasteiger partial charge in [-0.3, -0.25) is 0 Å². The first-order chi connectivity index (χ1) is 12.0. The number of nitrogens with zero attached hydrogens (tertiary/aromatic N) is 2. The van der Waals surface area contributed by atoms with Gasteiger partial charge in [-0.2, -0.15) is 0 Å². The fourth-order valence-electron chi connectivity index (χ4n) is 1.89. The third kappa shape index (κ3) is 11.4. The largest absolute Gasteiger partial charge is 0.444 e. The maximum absolute atomic E-state index is 11.6. The Labute approximate surface area is 184 Å². The van der Waals surface area contributed by atoms with Gasteiger partial charge < -0.3 is 20.7 Å². The third-order valence-electron chi connectivity index (χ3n) is 3.02. The lowest BCUT2D eigenvalue weighted by molar-refractivity contribution is 0.0529. The van der Waals surface area contributed by atoms with Crippen molar-refractivity contribution in [2.45, 2.75) is 66.0 Å². The predicted molar refractivity (Wildman–Crippen MR) is 123 cm³/mol. The number of ether oxygens (including phenoxy) is 1. The Kier molecular flexibility index (Phi) is 11.2. The number of aliphatic imine (C=N–C) groups is 1. The van der Waals surface area contributed by atoms with E-state index in [0.717, 1.165) is 17.2 Å². The molecule has 1 amide bonds. The number of hydrogen-bond acceptors (Lipinski definition) is 5. The molecule has 0 atom stereocenters. The Hall–Kier alpha value is -1.10. The number of halogens is 1. The maximum Gasteiger partial charge on any atom is 0.407 e. The van der Waals surface area contributed by atoms with Crippen molar-refractivity contribution >= 4 is 47.4 Å². The first-order valence-corrected chi connectivity index (χ1v) is 9.83. The molecule has 0 saturated heterocycles. The van der Waals surface area contributed by atoms with E-state index in [-0.39, 0.29) is 29.4 Å². The van der Waals surface area contributed by atoms with E-state index >= 15 is 0 Å². The number of alkyl carbamates (subject to hydrolysis) is 1. The second-order valence-corrected chi connectivity index (χ2v) is 8.80. The number of carbonyl (C=O) groups is 1. The van der Waals surface area contributed by atoms with E-state index in [1.54, 1.807) is 11.3 Å². The molecule has 0 bridgehead atoms. The lowest BCUT2D eigenvalue weighted by Gasteiger charge is -2.19. The SMILES string of the molecule is CCNC(=NCc1csc(C(C)(C)C)n1)NCCNC(=O)OC(C)(C)C.I. The fraction of sp³-hybridized carbons (Fsp3) is 0.722. The highest BCUT2D eigenvalue weighted by molar-refractivity contribution is 14.0. The van der Waals surface area contributed by atoms with Gasteiger partial charge in [0.25, 0.3) is 0 Å². The minimum atomic E-state index is -0.493.